The SMILES string of the molecule is COc1cc(C2=CCNCC2)ccc1OCCN(C)C. The summed E-state index contributed by atoms with van der Waals surface area (Å²) in [6.45, 7) is 3.53. The summed E-state index contributed by atoms with van der Waals surface area (Å²) in [6.07, 6.45) is 3.30. The first-order chi connectivity index (χ1) is 9.70. The van der Waals surface area contributed by atoms with Gasteiger partial charge in [0.2, 0.25) is 0 Å². The van der Waals surface area contributed by atoms with Crippen molar-refractivity contribution in [1.29, 1.82) is 0 Å². The first-order valence-electron chi connectivity index (χ1n) is 7.06. The molecule has 0 atom stereocenters. The van der Waals surface area contributed by atoms with Crippen LogP contribution in [0.3, 0.4) is 0 Å². The van der Waals surface area contributed by atoms with E-state index in [0.29, 0.717) is 6.61 Å². The zero-order valence-corrected chi connectivity index (χ0v) is 12.6. The Bertz CT molecular complexity index is 470. The standard InChI is InChI=1S/C16H24N2O2/c1-18(2)10-11-20-15-5-4-14(12-16(15)19-3)13-6-8-17-9-7-13/h4-6,12,17H,7-11H2,1-3H3. The second-order valence-electron chi connectivity index (χ2n) is 5.20. The number of nitrogens with zero attached hydrogens (tertiary/aromatic N) is 1. The highest BCUT2D eigenvalue weighted by Gasteiger charge is 2.10. The molecule has 1 aliphatic rings. The van der Waals surface area contributed by atoms with Crippen LogP contribution < -0.4 is 14.8 Å². The van der Waals surface area contributed by atoms with Crippen LogP contribution in [-0.2, 0) is 0 Å². The highest BCUT2D eigenvalue weighted by atomic mass is 16.5. The molecule has 0 aliphatic carbocycles. The molecule has 1 aliphatic heterocycles. The highest BCUT2D eigenvalue weighted by molar-refractivity contribution is 5.69. The Morgan fingerprint density at radius 1 is 1.25 bits per heavy atom. The lowest BCUT2D eigenvalue weighted by Gasteiger charge is -2.17. The van der Waals surface area contributed by atoms with E-state index in [1.54, 1.807) is 7.11 Å². The van der Waals surface area contributed by atoms with Gasteiger partial charge in [-0.1, -0.05) is 12.1 Å². The maximum Gasteiger partial charge on any atom is 0.161 e. The van der Waals surface area contributed by atoms with Gasteiger partial charge in [0.25, 0.3) is 0 Å². The number of ether oxygens (including phenoxy) is 2. The summed E-state index contributed by atoms with van der Waals surface area (Å²) < 4.78 is 11.2. The van der Waals surface area contributed by atoms with Crippen LogP contribution in [0.15, 0.2) is 24.3 Å². The third-order valence-corrected chi connectivity index (χ3v) is 3.39. The van der Waals surface area contributed by atoms with Crippen molar-refractivity contribution in [2.75, 3.05) is 47.4 Å². The fraction of sp³-hybridized carbons (Fsp3) is 0.500. The average molecular weight is 276 g/mol. The molecule has 4 nitrogen and oxygen atoms in total. The summed E-state index contributed by atoms with van der Waals surface area (Å²) >= 11 is 0. The summed E-state index contributed by atoms with van der Waals surface area (Å²) in [5.74, 6) is 1.62. The van der Waals surface area contributed by atoms with Gasteiger partial charge in [-0.05, 0) is 50.3 Å². The first-order valence-corrected chi connectivity index (χ1v) is 7.06. The van der Waals surface area contributed by atoms with Gasteiger partial charge in [0.1, 0.15) is 6.61 Å². The van der Waals surface area contributed by atoms with Crippen LogP contribution in [0, 0.1) is 0 Å². The van der Waals surface area contributed by atoms with Gasteiger partial charge in [-0.3, -0.25) is 0 Å². The highest BCUT2D eigenvalue weighted by Crippen LogP contribution is 2.31. The molecular formula is C16H24N2O2. The van der Waals surface area contributed by atoms with E-state index in [4.69, 9.17) is 9.47 Å². The summed E-state index contributed by atoms with van der Waals surface area (Å²) in [5, 5.41) is 3.33. The molecular weight excluding hydrogens is 252 g/mol. The van der Waals surface area contributed by atoms with E-state index in [2.05, 4.69) is 28.4 Å². The van der Waals surface area contributed by atoms with E-state index in [1.807, 2.05) is 20.2 Å². The quantitative estimate of drug-likeness (QED) is 0.862. The van der Waals surface area contributed by atoms with Crippen molar-refractivity contribution in [3.05, 3.63) is 29.8 Å². The minimum atomic E-state index is 0.662. The van der Waals surface area contributed by atoms with Gasteiger partial charge in [0.05, 0.1) is 7.11 Å². The fourth-order valence-corrected chi connectivity index (χ4v) is 2.21. The van der Waals surface area contributed by atoms with Crippen LogP contribution in [0.4, 0.5) is 0 Å². The topological polar surface area (TPSA) is 33.7 Å². The Labute approximate surface area is 121 Å². The molecule has 4 heteroatoms. The van der Waals surface area contributed by atoms with Crippen LogP contribution in [0.2, 0.25) is 0 Å². The van der Waals surface area contributed by atoms with E-state index in [9.17, 15) is 0 Å². The van der Waals surface area contributed by atoms with Crippen LogP contribution in [-0.4, -0.2) is 52.3 Å². The van der Waals surface area contributed by atoms with Gasteiger partial charge in [-0.15, -0.1) is 0 Å². The zero-order chi connectivity index (χ0) is 14.4. The normalized spacial score (nSPS) is 15.1. The van der Waals surface area contributed by atoms with Gasteiger partial charge in [0.15, 0.2) is 11.5 Å². The average Bonchev–Trinajstić information content (AvgIpc) is 2.48. The number of hydrogen-bond acceptors (Lipinski definition) is 4. The first kappa shape index (κ1) is 14.9. The van der Waals surface area contributed by atoms with Crippen molar-refractivity contribution in [1.82, 2.24) is 10.2 Å². The van der Waals surface area contributed by atoms with Crippen molar-refractivity contribution in [3.8, 4) is 11.5 Å². The van der Waals surface area contributed by atoms with E-state index in [1.165, 1.54) is 11.1 Å². The number of nitrogens with one attached hydrogen (secondary N) is 1. The van der Waals surface area contributed by atoms with Crippen LogP contribution in [0.5, 0.6) is 11.5 Å². The third kappa shape index (κ3) is 3.99. The molecule has 0 aromatic heterocycles. The molecule has 1 aromatic rings. The molecule has 0 amide bonds. The lowest BCUT2D eigenvalue weighted by atomic mass is 10.00. The largest absolute Gasteiger partial charge is 0.493 e. The van der Waals surface area contributed by atoms with Gasteiger partial charge in [-0.25, -0.2) is 0 Å². The third-order valence-electron chi connectivity index (χ3n) is 3.39. The summed E-state index contributed by atoms with van der Waals surface area (Å²) in [4.78, 5) is 2.10. The summed E-state index contributed by atoms with van der Waals surface area (Å²) in [6, 6.07) is 6.19. The van der Waals surface area contributed by atoms with E-state index < -0.39 is 0 Å². The molecule has 110 valence electrons. The Kier molecular flexibility index (Phi) is 5.44. The van der Waals surface area contributed by atoms with Gasteiger partial charge < -0.3 is 19.7 Å². The molecule has 0 spiro atoms. The Hall–Kier alpha value is -1.52. The van der Waals surface area contributed by atoms with Crippen LogP contribution in [0.25, 0.3) is 5.57 Å². The number of hydrogen-bond donors (Lipinski definition) is 1. The van der Waals surface area contributed by atoms with Crippen molar-refractivity contribution < 1.29 is 9.47 Å². The van der Waals surface area contributed by atoms with E-state index in [-0.39, 0.29) is 0 Å². The molecule has 1 heterocycles. The molecule has 2 rings (SSSR count). The van der Waals surface area contributed by atoms with Gasteiger partial charge in [0, 0.05) is 13.1 Å². The van der Waals surface area contributed by atoms with Crippen molar-refractivity contribution in [2.24, 2.45) is 0 Å². The molecule has 0 bridgehead atoms. The second kappa shape index (κ2) is 7.31. The number of methoxy groups -OCH3 is 1. The van der Waals surface area contributed by atoms with E-state index >= 15 is 0 Å². The maximum atomic E-state index is 5.78. The molecule has 0 radical (unpaired) electrons. The minimum Gasteiger partial charge on any atom is -0.493 e. The lowest BCUT2D eigenvalue weighted by molar-refractivity contribution is 0.250. The number of benzene rings is 1. The Balaban J connectivity index is 2.09. The fourth-order valence-electron chi connectivity index (χ4n) is 2.21. The molecule has 20 heavy (non-hydrogen) atoms. The predicted octanol–water partition coefficient (Wildman–Crippen LogP) is 2.01. The van der Waals surface area contributed by atoms with Crippen LogP contribution in [0.1, 0.15) is 12.0 Å². The van der Waals surface area contributed by atoms with Crippen LogP contribution >= 0.6 is 0 Å². The van der Waals surface area contributed by atoms with E-state index in [0.717, 1.165) is 37.6 Å². The molecule has 0 saturated carbocycles. The van der Waals surface area contributed by atoms with Crippen molar-refractivity contribution in [3.63, 3.8) is 0 Å². The van der Waals surface area contributed by atoms with Crippen molar-refractivity contribution in [2.45, 2.75) is 6.42 Å². The molecule has 1 N–H and O–H groups in total. The second-order valence-corrected chi connectivity index (χ2v) is 5.20. The minimum absolute atomic E-state index is 0.662. The van der Waals surface area contributed by atoms with Crippen molar-refractivity contribution >= 4 is 5.57 Å². The smallest absolute Gasteiger partial charge is 0.161 e. The van der Waals surface area contributed by atoms with Gasteiger partial charge >= 0.3 is 0 Å². The summed E-state index contributed by atoms with van der Waals surface area (Å²) in [5.41, 5.74) is 2.60. The monoisotopic (exact) mass is 276 g/mol. The predicted molar refractivity (Wildman–Crippen MR) is 82.5 cm³/mol. The molecule has 0 unspecified atom stereocenters. The lowest BCUT2D eigenvalue weighted by Crippen LogP contribution is -2.20. The maximum absolute atomic E-state index is 5.78. The number of likely N-dealkylation sites (N-methyl/N-ethyl adjacent to an activating group) is 1. The summed E-state index contributed by atoms with van der Waals surface area (Å²) in [7, 11) is 5.76. The van der Waals surface area contributed by atoms with Gasteiger partial charge in [-0.2, -0.15) is 0 Å². The zero-order valence-electron chi connectivity index (χ0n) is 12.6. The Morgan fingerprint density at radius 2 is 2.10 bits per heavy atom. The number of rotatable bonds is 6. The molecule has 0 fully saturated rings. The molecule has 0 saturated heterocycles. The Morgan fingerprint density at radius 3 is 2.75 bits per heavy atom. The molecule has 1 aromatic carbocycles.